The fraction of sp³-hybridized carbons (Fsp3) is 0.0588. The monoisotopic (exact) mass is 489 g/mol. The molecule has 3 aromatic heterocycles. The third kappa shape index (κ3) is 3.17. The minimum absolute atomic E-state index is 0.655. The van der Waals surface area contributed by atoms with Gasteiger partial charge in [-0.2, -0.15) is 0 Å². The maximum atomic E-state index is 6.46. The van der Waals surface area contributed by atoms with Crippen LogP contribution in [0.25, 0.3) is 66.5 Å². The van der Waals surface area contributed by atoms with Gasteiger partial charge in [-0.1, -0.05) is 85.0 Å². The van der Waals surface area contributed by atoms with Crippen molar-refractivity contribution in [2.24, 2.45) is 0 Å². The van der Waals surface area contributed by atoms with Crippen molar-refractivity contribution in [3.05, 3.63) is 121 Å². The smallest absolute Gasteiger partial charge is 0.235 e. The average molecular weight is 490 g/mol. The van der Waals surface area contributed by atoms with Gasteiger partial charge >= 0.3 is 0 Å². The SMILES string of the molecule is C1=CC(c2cc(-c3ccccc3)nc(-n3c4ccccc4c4c5oc6ccccc6c5ccc43)n2)=CCC1. The van der Waals surface area contributed by atoms with Gasteiger partial charge in [-0.15, -0.1) is 0 Å². The van der Waals surface area contributed by atoms with Gasteiger partial charge in [0, 0.05) is 21.7 Å². The summed E-state index contributed by atoms with van der Waals surface area (Å²) in [4.78, 5) is 10.3. The van der Waals surface area contributed by atoms with Gasteiger partial charge in [0.1, 0.15) is 11.2 Å². The topological polar surface area (TPSA) is 43.9 Å². The third-order valence-electron chi connectivity index (χ3n) is 7.45. The van der Waals surface area contributed by atoms with E-state index >= 15 is 0 Å². The van der Waals surface area contributed by atoms with Gasteiger partial charge in [-0.05, 0) is 48.7 Å². The van der Waals surface area contributed by atoms with Crippen LogP contribution in [-0.4, -0.2) is 14.5 Å². The van der Waals surface area contributed by atoms with E-state index in [1.54, 1.807) is 0 Å². The highest BCUT2D eigenvalue weighted by Gasteiger charge is 2.21. The third-order valence-corrected chi connectivity index (χ3v) is 7.45. The number of allylic oxidation sites excluding steroid dienone is 4. The van der Waals surface area contributed by atoms with Gasteiger partial charge in [0.05, 0.1) is 27.8 Å². The summed E-state index contributed by atoms with van der Waals surface area (Å²) in [6, 6.07) is 33.5. The Labute approximate surface area is 219 Å². The number of furan rings is 1. The lowest BCUT2D eigenvalue weighted by Crippen LogP contribution is -2.05. The van der Waals surface area contributed by atoms with Crippen LogP contribution in [0.4, 0.5) is 0 Å². The van der Waals surface area contributed by atoms with Crippen LogP contribution >= 0.6 is 0 Å². The van der Waals surface area contributed by atoms with Crippen LogP contribution in [0.5, 0.6) is 0 Å². The highest BCUT2D eigenvalue weighted by Crippen LogP contribution is 2.40. The Kier molecular flexibility index (Phi) is 4.61. The molecular weight excluding hydrogens is 466 g/mol. The van der Waals surface area contributed by atoms with Crippen LogP contribution < -0.4 is 0 Å². The summed E-state index contributed by atoms with van der Waals surface area (Å²) >= 11 is 0. The molecule has 3 heterocycles. The zero-order valence-electron chi connectivity index (χ0n) is 20.6. The molecule has 1 aliphatic carbocycles. The molecule has 0 saturated carbocycles. The van der Waals surface area contributed by atoms with Gasteiger partial charge < -0.3 is 4.42 Å². The van der Waals surface area contributed by atoms with Crippen molar-refractivity contribution in [2.45, 2.75) is 12.8 Å². The number of benzene rings is 4. The summed E-state index contributed by atoms with van der Waals surface area (Å²) < 4.78 is 8.64. The lowest BCUT2D eigenvalue weighted by Gasteiger charge is -2.13. The molecule has 4 aromatic carbocycles. The van der Waals surface area contributed by atoms with E-state index in [1.165, 1.54) is 0 Å². The van der Waals surface area contributed by atoms with E-state index in [4.69, 9.17) is 14.4 Å². The van der Waals surface area contributed by atoms with E-state index in [2.05, 4.69) is 102 Å². The predicted molar refractivity (Wildman–Crippen MR) is 155 cm³/mol. The number of hydrogen-bond acceptors (Lipinski definition) is 3. The molecule has 0 saturated heterocycles. The van der Waals surface area contributed by atoms with E-state index in [9.17, 15) is 0 Å². The molecule has 0 fully saturated rings. The molecule has 0 spiro atoms. The zero-order chi connectivity index (χ0) is 25.1. The molecule has 0 aliphatic heterocycles. The molecule has 0 unspecified atom stereocenters. The van der Waals surface area contributed by atoms with Gasteiger partial charge in [-0.3, -0.25) is 4.57 Å². The molecule has 7 aromatic rings. The Balaban J connectivity index is 1.47. The van der Waals surface area contributed by atoms with Crippen molar-refractivity contribution in [1.82, 2.24) is 14.5 Å². The lowest BCUT2D eigenvalue weighted by molar-refractivity contribution is 0.673. The lowest BCUT2D eigenvalue weighted by atomic mass is 10.0. The fourth-order valence-electron chi connectivity index (χ4n) is 5.69. The predicted octanol–water partition coefficient (Wildman–Crippen LogP) is 8.87. The second-order valence-corrected chi connectivity index (χ2v) is 9.73. The summed E-state index contributed by atoms with van der Waals surface area (Å²) in [6.07, 6.45) is 8.75. The first-order valence-corrected chi connectivity index (χ1v) is 13.0. The Morgan fingerprint density at radius 3 is 2.32 bits per heavy atom. The first-order chi connectivity index (χ1) is 18.8. The molecule has 180 valence electrons. The van der Waals surface area contributed by atoms with E-state index in [1.807, 2.05) is 18.2 Å². The van der Waals surface area contributed by atoms with E-state index in [0.717, 1.165) is 79.1 Å². The van der Waals surface area contributed by atoms with Gasteiger partial charge in [0.2, 0.25) is 5.95 Å². The highest BCUT2D eigenvalue weighted by molar-refractivity contribution is 6.23. The molecule has 0 radical (unpaired) electrons. The normalized spacial score (nSPS) is 13.6. The maximum Gasteiger partial charge on any atom is 0.235 e. The fourth-order valence-corrected chi connectivity index (χ4v) is 5.69. The second kappa shape index (κ2) is 8.29. The zero-order valence-corrected chi connectivity index (χ0v) is 20.6. The minimum Gasteiger partial charge on any atom is -0.455 e. The van der Waals surface area contributed by atoms with Crippen molar-refractivity contribution in [2.75, 3.05) is 0 Å². The molecule has 8 rings (SSSR count). The molecule has 0 bridgehead atoms. The molecule has 0 atom stereocenters. The number of aromatic nitrogens is 3. The van der Waals surface area contributed by atoms with E-state index < -0.39 is 0 Å². The van der Waals surface area contributed by atoms with Gasteiger partial charge in [-0.25, -0.2) is 9.97 Å². The number of para-hydroxylation sites is 2. The van der Waals surface area contributed by atoms with Crippen molar-refractivity contribution < 1.29 is 4.42 Å². The highest BCUT2D eigenvalue weighted by atomic mass is 16.3. The standard InChI is InChI=1S/C34H23N3O/c1-3-11-22(12-4-1)27-21-28(23-13-5-2-6-14-23)36-34(35-27)37-29-17-9-7-16-26(29)32-30(37)20-19-25-24-15-8-10-18-31(24)38-33(25)32/h1,3-5,7-21H,2,6H2. The summed E-state index contributed by atoms with van der Waals surface area (Å²) in [5.74, 6) is 0.655. The first-order valence-electron chi connectivity index (χ1n) is 13.0. The molecule has 38 heavy (non-hydrogen) atoms. The molecule has 1 aliphatic rings. The molecule has 4 heteroatoms. The van der Waals surface area contributed by atoms with Crippen molar-refractivity contribution in [1.29, 1.82) is 0 Å². The number of fused-ring (bicyclic) bond motifs is 7. The molecular formula is C34H23N3O. The quantitative estimate of drug-likeness (QED) is 0.249. The van der Waals surface area contributed by atoms with Gasteiger partial charge in [0.25, 0.3) is 0 Å². The van der Waals surface area contributed by atoms with E-state index in [-0.39, 0.29) is 0 Å². The Morgan fingerprint density at radius 2 is 1.45 bits per heavy atom. The van der Waals surface area contributed by atoms with Crippen LogP contribution in [0.15, 0.2) is 120 Å². The van der Waals surface area contributed by atoms with Crippen molar-refractivity contribution >= 4 is 49.3 Å². The Bertz CT molecular complexity index is 2080. The van der Waals surface area contributed by atoms with Crippen LogP contribution in [0.2, 0.25) is 0 Å². The van der Waals surface area contributed by atoms with Crippen LogP contribution in [0.1, 0.15) is 18.5 Å². The van der Waals surface area contributed by atoms with Gasteiger partial charge in [0.15, 0.2) is 0 Å². The summed E-state index contributed by atoms with van der Waals surface area (Å²) in [5.41, 5.74) is 7.92. The minimum atomic E-state index is 0.655. The number of hydrogen-bond donors (Lipinski definition) is 0. The van der Waals surface area contributed by atoms with Crippen molar-refractivity contribution in [3.63, 3.8) is 0 Å². The average Bonchev–Trinajstić information content (AvgIpc) is 3.53. The van der Waals surface area contributed by atoms with E-state index in [0.29, 0.717) is 5.95 Å². The van der Waals surface area contributed by atoms with Crippen LogP contribution in [0, 0.1) is 0 Å². The number of rotatable bonds is 3. The molecule has 4 nitrogen and oxygen atoms in total. The summed E-state index contributed by atoms with van der Waals surface area (Å²) in [5, 5.41) is 4.45. The maximum absolute atomic E-state index is 6.46. The molecule has 0 N–H and O–H groups in total. The van der Waals surface area contributed by atoms with Crippen LogP contribution in [0.3, 0.4) is 0 Å². The Morgan fingerprint density at radius 1 is 0.658 bits per heavy atom. The van der Waals surface area contributed by atoms with Crippen LogP contribution in [-0.2, 0) is 0 Å². The largest absolute Gasteiger partial charge is 0.455 e. The Hall–Kier alpha value is -4.96. The summed E-state index contributed by atoms with van der Waals surface area (Å²) in [6.45, 7) is 0. The first kappa shape index (κ1) is 21.2. The number of nitrogens with zero attached hydrogens (tertiary/aromatic N) is 3. The molecule has 0 amide bonds. The summed E-state index contributed by atoms with van der Waals surface area (Å²) in [7, 11) is 0. The second-order valence-electron chi connectivity index (χ2n) is 9.73. The van der Waals surface area contributed by atoms with Crippen molar-refractivity contribution in [3.8, 4) is 17.2 Å².